The molecule has 0 aliphatic heterocycles. The lowest BCUT2D eigenvalue weighted by atomic mass is 9.86. The first-order chi connectivity index (χ1) is 64.1. The van der Waals surface area contributed by atoms with E-state index in [-0.39, 0.29) is 94.9 Å². The molecule has 0 radical (unpaired) electrons. The average molecular weight is 1820 g/mol. The van der Waals surface area contributed by atoms with Gasteiger partial charge in [0.15, 0.2) is 28.9 Å². The molecule has 0 saturated heterocycles. The van der Waals surface area contributed by atoms with Crippen molar-refractivity contribution in [2.45, 2.75) is 175 Å². The maximum absolute atomic E-state index is 14.6. The van der Waals surface area contributed by atoms with Gasteiger partial charge < -0.3 is 26.4 Å². The highest BCUT2D eigenvalue weighted by atomic mass is 35.5. The van der Waals surface area contributed by atoms with E-state index < -0.39 is 11.7 Å². The number of nitrogens with two attached hydrogens (primary N) is 2. The van der Waals surface area contributed by atoms with Gasteiger partial charge in [0, 0.05) is 114 Å². The van der Waals surface area contributed by atoms with Crippen LogP contribution in [0.4, 0.5) is 8.78 Å². The van der Waals surface area contributed by atoms with Gasteiger partial charge in [0.05, 0.1) is 22.5 Å². The second-order valence-electron chi connectivity index (χ2n) is 34.8. The number of aromatic nitrogens is 3. The van der Waals surface area contributed by atoms with E-state index >= 15 is 0 Å². The number of halogens is 3. The Labute approximate surface area is 789 Å². The molecule has 4 heterocycles. The summed E-state index contributed by atoms with van der Waals surface area (Å²) in [5.74, 6) is -1.07. The smallest absolute Gasteiger partial charge is 0.163 e. The second kappa shape index (κ2) is 49.6. The fourth-order valence-corrected chi connectivity index (χ4v) is 18.0. The van der Waals surface area contributed by atoms with E-state index in [4.69, 9.17) is 23.1 Å². The zero-order chi connectivity index (χ0) is 95.2. The molecule has 5 unspecified atom stereocenters. The number of nitrogens with one attached hydrogen (secondary N) is 3. The van der Waals surface area contributed by atoms with Gasteiger partial charge in [-0.15, -0.1) is 0 Å². The number of rotatable bonds is 37. The average Bonchev–Trinajstić information content (AvgIpc) is 1.75. The molecule has 15 aromatic rings. The molecule has 0 spiro atoms. The van der Waals surface area contributed by atoms with E-state index in [0.29, 0.717) is 67.7 Å². The number of thiophene rings is 1. The first-order valence-corrected chi connectivity index (χ1v) is 47.1. The topological polar surface area (TPSA) is 239 Å². The highest BCUT2D eigenvalue weighted by Gasteiger charge is 2.27. The quantitative estimate of drug-likeness (QED) is 0.0229. The summed E-state index contributed by atoms with van der Waals surface area (Å²) in [5, 5.41) is 8.00. The minimum absolute atomic E-state index is 0.0122. The van der Waals surface area contributed by atoms with Gasteiger partial charge in [0.25, 0.3) is 0 Å². The number of carbonyl (C=O) groups is 8. The van der Waals surface area contributed by atoms with Gasteiger partial charge in [0.2, 0.25) is 0 Å². The summed E-state index contributed by atoms with van der Waals surface area (Å²) in [7, 11) is 3.91. The van der Waals surface area contributed by atoms with Crippen molar-refractivity contribution in [3.63, 3.8) is 0 Å². The summed E-state index contributed by atoms with van der Waals surface area (Å²) in [6.07, 6.45) is 14.1. The molecule has 133 heavy (non-hydrogen) atoms. The molecule has 15 rings (SSSR count). The first kappa shape index (κ1) is 101. The number of benzene rings is 11. The van der Waals surface area contributed by atoms with E-state index in [9.17, 15) is 47.1 Å². The predicted molar refractivity (Wildman–Crippen MR) is 538 cm³/mol. The van der Waals surface area contributed by atoms with Crippen LogP contribution >= 0.6 is 22.9 Å². The molecular weight excluding hydrogens is 1700 g/mol. The molecule has 4 aromatic heterocycles. The Kier molecular flexibility index (Phi) is 37.5. The number of H-pyrrole nitrogens is 3. The Morgan fingerprint density at radius 1 is 0.414 bits per heavy atom. The molecular formula is C115H121ClF2N6O8S. The van der Waals surface area contributed by atoms with Gasteiger partial charge >= 0.3 is 0 Å². The van der Waals surface area contributed by atoms with Crippen molar-refractivity contribution in [2.75, 3.05) is 27.2 Å². The lowest BCUT2D eigenvalue weighted by Gasteiger charge is -2.22. The standard InChI is InChI=1S/C31H32FNO2.C29H30FNO3.C20H22O2.C18H19ClN2.C17H18N2OS/c1-4-5-27(31(35)18-25-17-24-14-15-33-29(24)19-28(25)32)23-10-7-22(8-11-23)9-13-30(34)26-12-6-20(2)16-21(26)3;1-18-4-11-24(19(2)14-18)28(33)13-8-21-5-9-23(10-6-21)26(17-31)29(34)16-22-7-12-25(20(3)32)27(30)15-22;1-3-7-19(18-8-5-4-6-9-18)20(22)14-16-10-12-17(13-11-16)15(2)21;19-17-12-21-18-9-7-13(10-16(17)18)6-8-15(11-20)14-4-2-1-3-5-14;1-19(2)17(14-6-8-21-11-14)16(20)10-12-3-4-15-13(9-12)5-7-18-15/h6-8,10-12,14-17,19,27,33H,4-5,9,13,18H2,1-3H3;4-7,9-12,14-15,26H,8,13,16-17,31H2,1-3H3;4-6,8-13,19H,3,7,14H2,1-2H3;1-5,7,9-10,12,15,21H,6,8,11,20H2;3-9,11,17-18H,10H2,1-2H3. The number of nitrogens with zero attached hydrogens (tertiary/aromatic N) is 1. The highest BCUT2D eigenvalue weighted by molar-refractivity contribution is 7.08. The third-order valence-electron chi connectivity index (χ3n) is 24.5. The van der Waals surface area contributed by atoms with Crippen LogP contribution in [0.25, 0.3) is 32.7 Å². The highest BCUT2D eigenvalue weighted by Crippen LogP contribution is 2.33. The van der Waals surface area contributed by atoms with E-state index in [0.717, 1.165) is 154 Å². The van der Waals surface area contributed by atoms with E-state index in [1.54, 1.807) is 48.7 Å². The molecule has 0 aliphatic rings. The minimum atomic E-state index is -0.623. The van der Waals surface area contributed by atoms with Crippen LogP contribution < -0.4 is 11.5 Å². The molecule has 14 nitrogen and oxygen atoms in total. The van der Waals surface area contributed by atoms with Crippen molar-refractivity contribution in [3.05, 3.63) is 412 Å². The molecule has 0 bridgehead atoms. The van der Waals surface area contributed by atoms with Gasteiger partial charge in [-0.1, -0.05) is 237 Å². The van der Waals surface area contributed by atoms with Crippen LogP contribution in [0, 0.1) is 39.3 Å². The van der Waals surface area contributed by atoms with Crippen molar-refractivity contribution in [3.8, 4) is 0 Å². The van der Waals surface area contributed by atoms with Crippen molar-refractivity contribution in [1.82, 2.24) is 19.9 Å². The normalized spacial score (nSPS) is 12.2. The summed E-state index contributed by atoms with van der Waals surface area (Å²) in [6.45, 7) is 15.8. The molecule has 5 atom stereocenters. The van der Waals surface area contributed by atoms with Gasteiger partial charge in [-0.05, 0) is 273 Å². The fourth-order valence-electron chi connectivity index (χ4n) is 17.1. The minimum Gasteiger partial charge on any atom is -0.361 e. The van der Waals surface area contributed by atoms with Crippen LogP contribution in [0.15, 0.2) is 284 Å². The summed E-state index contributed by atoms with van der Waals surface area (Å²) in [4.78, 5) is 111. The van der Waals surface area contributed by atoms with Crippen molar-refractivity contribution >= 4 is 102 Å². The number of fused-ring (bicyclic) bond motifs is 3. The molecule has 0 fully saturated rings. The largest absolute Gasteiger partial charge is 0.361 e. The third-order valence-corrected chi connectivity index (χ3v) is 25.5. The number of hydrogen-bond donors (Lipinski definition) is 5. The number of ketones is 8. The van der Waals surface area contributed by atoms with Crippen LogP contribution in [-0.4, -0.2) is 93.3 Å². The van der Waals surface area contributed by atoms with E-state index in [1.165, 1.54) is 36.2 Å². The van der Waals surface area contributed by atoms with Crippen molar-refractivity contribution < 1.29 is 47.1 Å². The number of likely N-dealkylation sites (N-methyl/N-ethyl adjacent to an activating group) is 1. The Bertz CT molecular complexity index is 6440. The van der Waals surface area contributed by atoms with Crippen LogP contribution in [0.2, 0.25) is 5.02 Å². The summed E-state index contributed by atoms with van der Waals surface area (Å²) < 4.78 is 28.7. The number of Topliss-reactive ketones (excluding diaryl/α,β-unsaturated/α-hetero) is 8. The summed E-state index contributed by atoms with van der Waals surface area (Å²) in [5.41, 5.74) is 32.9. The number of hydrogen-bond acceptors (Lipinski definition) is 12. The summed E-state index contributed by atoms with van der Waals surface area (Å²) >= 11 is 7.81. The van der Waals surface area contributed by atoms with Crippen LogP contribution in [-0.2, 0) is 64.1 Å². The van der Waals surface area contributed by atoms with Crippen molar-refractivity contribution in [2.24, 2.45) is 11.5 Å². The zero-order valence-corrected chi connectivity index (χ0v) is 79.3. The SMILES string of the molecule is CC(=O)c1ccc(CC(=O)C(CN)c2ccc(CCC(=O)c3ccc(C)cc3C)cc2)cc1F.CCCC(C(=O)Cc1cc2cc[nH]c2cc1F)c1ccc(CCC(=O)c2ccc(C)cc2C)cc1.CCCC(C(=O)Cc1ccc(C(C)=O)cc1)c1ccccc1.CN(C)C(C(=O)Cc1ccc2[nH]ccc2c1)c1ccsc1.NCC(CCc1ccc2[nH]cc(Cl)c2c1)c1ccccc1. The van der Waals surface area contributed by atoms with Gasteiger partial charge in [0.1, 0.15) is 29.0 Å². The lowest BCUT2D eigenvalue weighted by Crippen LogP contribution is -2.28. The number of carbonyl (C=O) groups excluding carboxylic acids is 8. The number of aromatic amines is 3. The van der Waals surface area contributed by atoms with Crippen molar-refractivity contribution in [1.29, 1.82) is 0 Å². The Hall–Kier alpha value is -12.9. The van der Waals surface area contributed by atoms with Gasteiger partial charge in [-0.2, -0.15) is 11.3 Å². The number of aryl methyl sites for hydroxylation is 7. The molecule has 11 aromatic carbocycles. The molecule has 7 N–H and O–H groups in total. The van der Waals surface area contributed by atoms with Gasteiger partial charge in [-0.3, -0.25) is 43.3 Å². The second-order valence-corrected chi connectivity index (χ2v) is 36.0. The maximum atomic E-state index is 14.6. The third kappa shape index (κ3) is 28.6. The summed E-state index contributed by atoms with van der Waals surface area (Å²) in [6, 6.07) is 81.0. The molecule has 686 valence electrons. The molecule has 0 amide bonds. The Balaban J connectivity index is 0.000000163. The van der Waals surface area contributed by atoms with Gasteiger partial charge in [-0.25, -0.2) is 8.78 Å². The molecule has 18 heteroatoms. The van der Waals surface area contributed by atoms with Crippen LogP contribution in [0.1, 0.15) is 233 Å². The molecule has 0 aliphatic carbocycles. The van der Waals surface area contributed by atoms with Crippen LogP contribution in [0.5, 0.6) is 0 Å². The first-order valence-electron chi connectivity index (χ1n) is 45.7. The maximum Gasteiger partial charge on any atom is 0.163 e. The van der Waals surface area contributed by atoms with Crippen LogP contribution in [0.3, 0.4) is 0 Å². The van der Waals surface area contributed by atoms with E-state index in [2.05, 4.69) is 82.7 Å². The zero-order valence-electron chi connectivity index (χ0n) is 77.7. The Morgan fingerprint density at radius 3 is 1.44 bits per heavy atom. The predicted octanol–water partition coefficient (Wildman–Crippen LogP) is 25.5. The molecule has 0 saturated carbocycles. The monoisotopic (exact) mass is 1820 g/mol. The lowest BCUT2D eigenvalue weighted by molar-refractivity contribution is -0.123. The fraction of sp³-hybridized carbons (Fsp3) is 0.270. The van der Waals surface area contributed by atoms with E-state index in [1.807, 2.05) is 228 Å². The Morgan fingerprint density at radius 2 is 0.902 bits per heavy atom.